The van der Waals surface area contributed by atoms with Crippen LogP contribution in [0.25, 0.3) is 0 Å². The summed E-state index contributed by atoms with van der Waals surface area (Å²) in [7, 11) is 1.90. The van der Waals surface area contributed by atoms with Crippen LogP contribution in [-0.4, -0.2) is 7.05 Å². The van der Waals surface area contributed by atoms with Gasteiger partial charge in [0.1, 0.15) is 0 Å². The molecule has 0 radical (unpaired) electrons. The van der Waals surface area contributed by atoms with E-state index < -0.39 is 0 Å². The first-order valence-corrected chi connectivity index (χ1v) is 6.42. The molecule has 1 N–H and O–H groups in total. The molecule has 0 aliphatic heterocycles. The number of hydrogen-bond donors (Lipinski definition) is 1. The average molecular weight is 307 g/mol. The maximum Gasteiger partial charge on any atom is 0.174 e. The first-order valence-electron chi connectivity index (χ1n) is 4.37. The monoisotopic (exact) mass is 305 g/mol. The molecule has 0 bridgehead atoms. The van der Waals surface area contributed by atoms with Gasteiger partial charge in [-0.15, -0.1) is 11.3 Å². The van der Waals surface area contributed by atoms with Gasteiger partial charge in [-0.2, -0.15) is 0 Å². The molecule has 0 amide bonds. The summed E-state index contributed by atoms with van der Waals surface area (Å²) in [6.07, 6.45) is 1.66. The molecule has 15 heavy (non-hydrogen) atoms. The molecule has 0 aliphatic rings. The lowest BCUT2D eigenvalue weighted by Gasteiger charge is -2.13. The van der Waals surface area contributed by atoms with E-state index in [1.807, 2.05) is 24.6 Å². The summed E-state index contributed by atoms with van der Waals surface area (Å²) in [4.78, 5) is 1.10. The van der Waals surface area contributed by atoms with Crippen molar-refractivity contribution < 1.29 is 4.42 Å². The van der Waals surface area contributed by atoms with E-state index in [9.17, 15) is 0 Å². The van der Waals surface area contributed by atoms with Gasteiger partial charge in [0, 0.05) is 10.4 Å². The molecule has 5 heteroatoms. The minimum atomic E-state index is 0.0747. The molecule has 0 saturated heterocycles. The minimum absolute atomic E-state index is 0.0747. The zero-order valence-corrected chi connectivity index (χ0v) is 11.1. The fraction of sp³-hybridized carbons (Fsp3) is 0.200. The molecule has 0 fully saturated rings. The van der Waals surface area contributed by atoms with Gasteiger partial charge in [-0.25, -0.2) is 0 Å². The largest absolute Gasteiger partial charge is 0.457 e. The lowest BCUT2D eigenvalue weighted by molar-refractivity contribution is 0.531. The van der Waals surface area contributed by atoms with Crippen molar-refractivity contribution in [1.82, 2.24) is 5.32 Å². The second kappa shape index (κ2) is 4.70. The molecule has 80 valence electrons. The zero-order chi connectivity index (χ0) is 10.8. The van der Waals surface area contributed by atoms with Gasteiger partial charge in [0.25, 0.3) is 0 Å². The number of rotatable bonds is 3. The third kappa shape index (κ3) is 2.13. The first kappa shape index (κ1) is 11.2. The molecule has 0 spiro atoms. The summed E-state index contributed by atoms with van der Waals surface area (Å²) in [5.74, 6) is 0. The van der Waals surface area contributed by atoms with E-state index in [-0.39, 0.29) is 6.04 Å². The highest BCUT2D eigenvalue weighted by atomic mass is 79.9. The van der Waals surface area contributed by atoms with Crippen LogP contribution >= 0.6 is 38.9 Å². The van der Waals surface area contributed by atoms with Crippen molar-refractivity contribution in [3.63, 3.8) is 0 Å². The molecular formula is C10H9BrClNOS. The first-order chi connectivity index (χ1) is 7.24. The average Bonchev–Trinajstić information content (AvgIpc) is 2.80. The molecule has 2 aromatic heterocycles. The van der Waals surface area contributed by atoms with Crippen LogP contribution in [0.15, 0.2) is 32.9 Å². The van der Waals surface area contributed by atoms with Gasteiger partial charge in [0.15, 0.2) is 4.67 Å². The number of thiophene rings is 1. The van der Waals surface area contributed by atoms with Crippen molar-refractivity contribution in [3.05, 3.63) is 43.9 Å². The Bertz CT molecular complexity index is 413. The maximum absolute atomic E-state index is 6.11. The summed E-state index contributed by atoms with van der Waals surface area (Å²) in [5.41, 5.74) is 1.06. The Hall–Kier alpha value is -0.290. The van der Waals surface area contributed by atoms with Crippen molar-refractivity contribution in [1.29, 1.82) is 0 Å². The van der Waals surface area contributed by atoms with Crippen molar-refractivity contribution in [2.75, 3.05) is 7.05 Å². The molecule has 0 aliphatic carbocycles. The van der Waals surface area contributed by atoms with E-state index in [1.165, 1.54) is 0 Å². The standard InChI is InChI=1S/C10H9BrClNOS/c1-13-8(6-2-4-14-10(6)11)9-7(12)3-5-15-9/h2-5,8,13H,1H3. The van der Waals surface area contributed by atoms with Gasteiger partial charge < -0.3 is 9.73 Å². The van der Waals surface area contributed by atoms with Crippen LogP contribution in [0.1, 0.15) is 16.5 Å². The Morgan fingerprint density at radius 1 is 1.53 bits per heavy atom. The number of hydrogen-bond acceptors (Lipinski definition) is 3. The van der Waals surface area contributed by atoms with Gasteiger partial charge in [0.05, 0.1) is 17.3 Å². The van der Waals surface area contributed by atoms with E-state index >= 15 is 0 Å². The highest BCUT2D eigenvalue weighted by Gasteiger charge is 2.20. The number of halogens is 2. The fourth-order valence-electron chi connectivity index (χ4n) is 1.45. The van der Waals surface area contributed by atoms with Crippen LogP contribution in [0.4, 0.5) is 0 Å². The van der Waals surface area contributed by atoms with Crippen molar-refractivity contribution in [2.45, 2.75) is 6.04 Å². The molecule has 2 rings (SSSR count). The summed E-state index contributed by atoms with van der Waals surface area (Å²) < 4.78 is 5.97. The lowest BCUT2D eigenvalue weighted by atomic mass is 10.1. The highest BCUT2D eigenvalue weighted by molar-refractivity contribution is 9.10. The second-order valence-electron chi connectivity index (χ2n) is 3.00. The fourth-order valence-corrected chi connectivity index (χ4v) is 3.21. The zero-order valence-electron chi connectivity index (χ0n) is 7.96. The van der Waals surface area contributed by atoms with E-state index in [4.69, 9.17) is 16.0 Å². The van der Waals surface area contributed by atoms with Crippen molar-refractivity contribution in [3.8, 4) is 0 Å². The van der Waals surface area contributed by atoms with Crippen LogP contribution in [0, 0.1) is 0 Å². The number of nitrogens with one attached hydrogen (secondary N) is 1. The topological polar surface area (TPSA) is 25.2 Å². The second-order valence-corrected chi connectivity index (χ2v) is 5.08. The van der Waals surface area contributed by atoms with Gasteiger partial charge in [-0.05, 0) is 40.5 Å². The Kier molecular flexibility index (Phi) is 3.51. The van der Waals surface area contributed by atoms with Gasteiger partial charge >= 0.3 is 0 Å². The Labute approximate surface area is 105 Å². The summed E-state index contributed by atoms with van der Waals surface area (Å²) in [5, 5.41) is 5.99. The van der Waals surface area contributed by atoms with E-state index in [1.54, 1.807) is 17.6 Å². The molecule has 2 nitrogen and oxygen atoms in total. The summed E-state index contributed by atoms with van der Waals surface area (Å²) in [6, 6.07) is 3.91. The molecular weight excluding hydrogens is 298 g/mol. The van der Waals surface area contributed by atoms with Gasteiger partial charge in [0.2, 0.25) is 0 Å². The Morgan fingerprint density at radius 2 is 2.33 bits per heavy atom. The SMILES string of the molecule is CNC(c1ccoc1Br)c1sccc1Cl. The maximum atomic E-state index is 6.11. The predicted octanol–water partition coefficient (Wildman–Crippen LogP) is 4.07. The van der Waals surface area contributed by atoms with E-state index in [0.717, 1.165) is 20.1 Å². The van der Waals surface area contributed by atoms with Crippen molar-refractivity contribution >= 4 is 38.9 Å². The molecule has 2 heterocycles. The summed E-state index contributed by atoms with van der Waals surface area (Å²) in [6.45, 7) is 0. The quantitative estimate of drug-likeness (QED) is 0.925. The number of furan rings is 1. The van der Waals surface area contributed by atoms with E-state index in [0.29, 0.717) is 0 Å². The highest BCUT2D eigenvalue weighted by Crippen LogP contribution is 2.35. The lowest BCUT2D eigenvalue weighted by Crippen LogP contribution is -2.16. The Balaban J connectivity index is 2.41. The molecule has 0 aromatic carbocycles. The van der Waals surface area contributed by atoms with Crippen molar-refractivity contribution in [2.24, 2.45) is 0 Å². The molecule has 0 saturated carbocycles. The van der Waals surface area contributed by atoms with Gasteiger partial charge in [-0.3, -0.25) is 0 Å². The molecule has 2 aromatic rings. The van der Waals surface area contributed by atoms with Gasteiger partial charge in [-0.1, -0.05) is 11.6 Å². The third-order valence-corrected chi connectivity index (χ3v) is 4.22. The smallest absolute Gasteiger partial charge is 0.174 e. The summed E-state index contributed by atoms with van der Waals surface area (Å²) >= 11 is 11.1. The normalized spacial score (nSPS) is 13.0. The van der Waals surface area contributed by atoms with Crippen LogP contribution in [0.2, 0.25) is 5.02 Å². The minimum Gasteiger partial charge on any atom is -0.457 e. The molecule has 1 atom stereocenters. The van der Waals surface area contributed by atoms with E-state index in [2.05, 4.69) is 21.2 Å². The molecule has 1 unspecified atom stereocenters. The van der Waals surface area contributed by atoms with Crippen LogP contribution in [0.3, 0.4) is 0 Å². The van der Waals surface area contributed by atoms with Crippen LogP contribution < -0.4 is 5.32 Å². The van der Waals surface area contributed by atoms with Crippen LogP contribution in [-0.2, 0) is 0 Å². The predicted molar refractivity (Wildman–Crippen MR) is 66.6 cm³/mol. The Morgan fingerprint density at radius 3 is 2.80 bits per heavy atom. The van der Waals surface area contributed by atoms with Crippen LogP contribution in [0.5, 0.6) is 0 Å². The third-order valence-electron chi connectivity index (χ3n) is 2.15.